The maximum absolute atomic E-state index is 11.5. The molecule has 1 heterocycles. The van der Waals surface area contributed by atoms with Crippen LogP contribution in [0.1, 0.15) is 5.56 Å². The van der Waals surface area contributed by atoms with Gasteiger partial charge in [0.2, 0.25) is 0 Å². The lowest BCUT2D eigenvalue weighted by Crippen LogP contribution is -2.18. The number of amidine groups is 1. The lowest BCUT2D eigenvalue weighted by atomic mass is 10.1. The molecule has 3 N–H and O–H groups in total. The number of phenols is 1. The molecular formula is C11H9ClN2O3S. The van der Waals surface area contributed by atoms with E-state index in [-0.39, 0.29) is 22.6 Å². The molecule has 1 saturated heterocycles. The van der Waals surface area contributed by atoms with Crippen molar-refractivity contribution in [2.45, 2.75) is 0 Å². The van der Waals surface area contributed by atoms with E-state index in [9.17, 15) is 9.90 Å². The lowest BCUT2D eigenvalue weighted by Gasteiger charge is -2.07. The van der Waals surface area contributed by atoms with Gasteiger partial charge in [-0.1, -0.05) is 11.6 Å². The van der Waals surface area contributed by atoms with Crippen molar-refractivity contribution in [3.8, 4) is 11.5 Å². The van der Waals surface area contributed by atoms with Gasteiger partial charge < -0.3 is 15.2 Å². The second kappa shape index (κ2) is 4.91. The van der Waals surface area contributed by atoms with Gasteiger partial charge in [0, 0.05) is 16.7 Å². The number of halogens is 1. The Morgan fingerprint density at radius 2 is 2.28 bits per heavy atom. The van der Waals surface area contributed by atoms with Crippen molar-refractivity contribution in [2.75, 3.05) is 7.11 Å². The standard InChI is InChI=1S/C11H9ClN2O3S/c1-17-7-4-6(12)2-5(9(7)15)3-8-10(16)14-11(13)18-8/h2-4,15H,1H3,(H2,13,14,16)/b8-3-. The molecule has 18 heavy (non-hydrogen) atoms. The largest absolute Gasteiger partial charge is 0.504 e. The minimum Gasteiger partial charge on any atom is -0.504 e. The maximum atomic E-state index is 11.5. The molecule has 1 aromatic carbocycles. The van der Waals surface area contributed by atoms with Gasteiger partial charge in [-0.2, -0.15) is 0 Å². The van der Waals surface area contributed by atoms with Gasteiger partial charge in [0.25, 0.3) is 5.91 Å². The summed E-state index contributed by atoms with van der Waals surface area (Å²) in [6, 6.07) is 2.99. The normalized spacial score (nSPS) is 17.1. The predicted molar refractivity (Wildman–Crippen MR) is 71.1 cm³/mol. The van der Waals surface area contributed by atoms with Gasteiger partial charge in [-0.15, -0.1) is 0 Å². The highest BCUT2D eigenvalue weighted by molar-refractivity contribution is 8.18. The molecule has 5 nitrogen and oxygen atoms in total. The fraction of sp³-hybridized carbons (Fsp3) is 0.0909. The highest BCUT2D eigenvalue weighted by Crippen LogP contribution is 2.36. The highest BCUT2D eigenvalue weighted by Gasteiger charge is 2.23. The molecule has 0 spiro atoms. The van der Waals surface area contributed by atoms with Crippen LogP contribution in [-0.2, 0) is 4.79 Å². The number of benzene rings is 1. The molecule has 0 bridgehead atoms. The van der Waals surface area contributed by atoms with Crippen LogP contribution in [-0.4, -0.2) is 23.3 Å². The zero-order valence-electron chi connectivity index (χ0n) is 9.28. The highest BCUT2D eigenvalue weighted by atomic mass is 35.5. The minimum absolute atomic E-state index is 0.0553. The van der Waals surface area contributed by atoms with Crippen LogP contribution in [0.15, 0.2) is 17.0 Å². The number of nitrogens with one attached hydrogen (secondary N) is 2. The first-order valence-electron chi connectivity index (χ1n) is 4.87. The zero-order valence-corrected chi connectivity index (χ0v) is 10.9. The molecule has 1 aliphatic rings. The number of thioether (sulfide) groups is 1. The minimum atomic E-state index is -0.372. The zero-order chi connectivity index (χ0) is 13.3. The van der Waals surface area contributed by atoms with Crippen molar-refractivity contribution in [3.63, 3.8) is 0 Å². The van der Waals surface area contributed by atoms with Crippen LogP contribution < -0.4 is 10.1 Å². The Bertz CT molecular complexity index is 572. The van der Waals surface area contributed by atoms with Gasteiger partial charge >= 0.3 is 0 Å². The van der Waals surface area contributed by atoms with Gasteiger partial charge in [0.05, 0.1) is 12.0 Å². The van der Waals surface area contributed by atoms with Crippen LogP contribution >= 0.6 is 23.4 Å². The fourth-order valence-corrected chi connectivity index (χ4v) is 2.35. The summed E-state index contributed by atoms with van der Waals surface area (Å²) in [5.41, 5.74) is 0.367. The quantitative estimate of drug-likeness (QED) is 0.727. The molecule has 2 rings (SSSR count). The Balaban J connectivity index is 2.46. The number of aromatic hydroxyl groups is 1. The van der Waals surface area contributed by atoms with Crippen molar-refractivity contribution in [3.05, 3.63) is 27.6 Å². The third-order valence-corrected chi connectivity index (χ3v) is 3.29. The Kier molecular flexibility index (Phi) is 3.49. The topological polar surface area (TPSA) is 82.4 Å². The van der Waals surface area contributed by atoms with E-state index in [1.807, 2.05) is 0 Å². The van der Waals surface area contributed by atoms with Crippen molar-refractivity contribution >= 4 is 40.5 Å². The Morgan fingerprint density at radius 1 is 1.56 bits per heavy atom. The summed E-state index contributed by atoms with van der Waals surface area (Å²) in [7, 11) is 1.41. The number of rotatable bonds is 2. The number of ether oxygens (including phenoxy) is 1. The van der Waals surface area contributed by atoms with Gasteiger partial charge in [0.15, 0.2) is 16.7 Å². The van der Waals surface area contributed by atoms with Crippen molar-refractivity contribution < 1.29 is 14.6 Å². The Morgan fingerprint density at radius 3 is 2.83 bits per heavy atom. The van der Waals surface area contributed by atoms with Crippen molar-refractivity contribution in [1.29, 1.82) is 5.41 Å². The monoisotopic (exact) mass is 284 g/mol. The SMILES string of the molecule is COc1cc(Cl)cc(/C=C2\SC(=N)NC2=O)c1O. The molecule has 0 aliphatic carbocycles. The van der Waals surface area contributed by atoms with E-state index in [2.05, 4.69) is 5.32 Å². The molecule has 94 valence electrons. The molecule has 7 heteroatoms. The Hall–Kier alpha value is -1.66. The molecule has 1 fully saturated rings. The number of hydrogen-bond donors (Lipinski definition) is 3. The summed E-state index contributed by atoms with van der Waals surface area (Å²) in [5.74, 6) is -0.239. The van der Waals surface area contributed by atoms with Crippen molar-refractivity contribution in [2.24, 2.45) is 0 Å². The van der Waals surface area contributed by atoms with Crippen LogP contribution in [0.3, 0.4) is 0 Å². The number of phenolic OH excluding ortho intramolecular Hbond substituents is 1. The molecule has 1 amide bonds. The van der Waals surface area contributed by atoms with Gasteiger partial charge in [-0.25, -0.2) is 0 Å². The molecule has 0 atom stereocenters. The second-order valence-corrected chi connectivity index (χ2v) is 4.93. The van der Waals surface area contributed by atoms with E-state index in [4.69, 9.17) is 21.7 Å². The maximum Gasteiger partial charge on any atom is 0.264 e. The molecule has 0 radical (unpaired) electrons. The Labute approximate surface area is 112 Å². The van der Waals surface area contributed by atoms with E-state index < -0.39 is 0 Å². The van der Waals surface area contributed by atoms with Gasteiger partial charge in [-0.05, 0) is 23.9 Å². The van der Waals surface area contributed by atoms with E-state index in [0.717, 1.165) is 11.8 Å². The average Bonchev–Trinajstić information content (AvgIpc) is 2.62. The van der Waals surface area contributed by atoms with E-state index in [0.29, 0.717) is 15.5 Å². The average molecular weight is 285 g/mol. The van der Waals surface area contributed by atoms with Gasteiger partial charge in [0.1, 0.15) is 0 Å². The first-order chi connectivity index (χ1) is 8.51. The molecular weight excluding hydrogens is 276 g/mol. The lowest BCUT2D eigenvalue weighted by molar-refractivity contribution is -0.115. The molecule has 1 aromatic rings. The molecule has 1 aliphatic heterocycles. The van der Waals surface area contributed by atoms with Crippen LogP contribution in [0.25, 0.3) is 6.08 Å². The smallest absolute Gasteiger partial charge is 0.264 e. The summed E-state index contributed by atoms with van der Waals surface area (Å²) >= 11 is 6.87. The molecule has 0 aromatic heterocycles. The van der Waals surface area contributed by atoms with E-state index >= 15 is 0 Å². The summed E-state index contributed by atoms with van der Waals surface area (Å²) in [6.45, 7) is 0. The van der Waals surface area contributed by atoms with Crippen LogP contribution in [0.4, 0.5) is 0 Å². The fourth-order valence-electron chi connectivity index (χ4n) is 1.44. The van der Waals surface area contributed by atoms with Crippen molar-refractivity contribution in [1.82, 2.24) is 5.32 Å². The van der Waals surface area contributed by atoms with E-state index in [1.165, 1.54) is 25.3 Å². The van der Waals surface area contributed by atoms with Crippen LogP contribution in [0.2, 0.25) is 5.02 Å². The third kappa shape index (κ3) is 2.44. The summed E-state index contributed by atoms with van der Waals surface area (Å²) in [6.07, 6.45) is 1.46. The molecule has 0 saturated carbocycles. The number of carbonyl (C=O) groups excluding carboxylic acids is 1. The predicted octanol–water partition coefficient (Wildman–Crippen LogP) is 2.19. The number of hydrogen-bond acceptors (Lipinski definition) is 5. The number of carbonyl (C=O) groups is 1. The first kappa shape index (κ1) is 12.8. The number of methoxy groups -OCH3 is 1. The summed E-state index contributed by atoms with van der Waals surface area (Å²) < 4.78 is 4.97. The summed E-state index contributed by atoms with van der Waals surface area (Å²) in [4.78, 5) is 11.8. The van der Waals surface area contributed by atoms with E-state index in [1.54, 1.807) is 0 Å². The van der Waals surface area contributed by atoms with Crippen LogP contribution in [0.5, 0.6) is 11.5 Å². The third-order valence-electron chi connectivity index (χ3n) is 2.24. The summed E-state index contributed by atoms with van der Waals surface area (Å²) in [5, 5.41) is 20.0. The number of amides is 1. The van der Waals surface area contributed by atoms with Gasteiger partial charge in [-0.3, -0.25) is 10.2 Å². The first-order valence-corrected chi connectivity index (χ1v) is 6.06. The van der Waals surface area contributed by atoms with Crippen LogP contribution in [0, 0.1) is 5.41 Å². The molecule has 0 unspecified atom stereocenters. The second-order valence-electron chi connectivity index (χ2n) is 3.44.